The van der Waals surface area contributed by atoms with E-state index in [1.54, 1.807) is 0 Å². The molecule has 0 aliphatic heterocycles. The second-order valence-corrected chi connectivity index (χ2v) is 3.19. The topological polar surface area (TPSA) is 52.6 Å². The lowest BCUT2D eigenvalue weighted by Crippen LogP contribution is -2.08. The first kappa shape index (κ1) is 12.9. The molecule has 0 aliphatic rings. The van der Waals surface area contributed by atoms with Crippen molar-refractivity contribution < 1.29 is 19.4 Å². The summed E-state index contributed by atoms with van der Waals surface area (Å²) in [6.07, 6.45) is 5.63. The van der Waals surface area contributed by atoms with E-state index in [0.717, 1.165) is 19.3 Å². The lowest BCUT2D eigenvalue weighted by Gasteiger charge is -2.00. The van der Waals surface area contributed by atoms with E-state index in [0.29, 0.717) is 6.42 Å². The quantitative estimate of drug-likeness (QED) is 0.377. The van der Waals surface area contributed by atoms with Crippen LogP contribution in [0.3, 0.4) is 0 Å². The molecule has 0 fully saturated rings. The van der Waals surface area contributed by atoms with Crippen molar-refractivity contribution in [3.8, 4) is 0 Å². The van der Waals surface area contributed by atoms with Gasteiger partial charge in [0.1, 0.15) is 0 Å². The first-order chi connectivity index (χ1) is 6.66. The zero-order valence-electron chi connectivity index (χ0n) is 8.88. The lowest BCUT2D eigenvalue weighted by atomic mass is 10.1. The van der Waals surface area contributed by atoms with Crippen LogP contribution in [0.25, 0.3) is 0 Å². The van der Waals surface area contributed by atoms with Crippen molar-refractivity contribution in [3.63, 3.8) is 0 Å². The Bertz CT molecular complexity index is 177. The van der Waals surface area contributed by atoms with Gasteiger partial charge in [0, 0.05) is 6.92 Å². The van der Waals surface area contributed by atoms with E-state index in [1.165, 1.54) is 19.8 Å². The van der Waals surface area contributed by atoms with E-state index in [4.69, 9.17) is 0 Å². The van der Waals surface area contributed by atoms with Crippen molar-refractivity contribution in [2.75, 3.05) is 0 Å². The molecule has 0 aromatic carbocycles. The Hall–Kier alpha value is -1.06. The minimum atomic E-state index is -0.607. The molecule has 4 nitrogen and oxygen atoms in total. The fourth-order valence-electron chi connectivity index (χ4n) is 1.02. The van der Waals surface area contributed by atoms with Gasteiger partial charge in [-0.3, -0.25) is 0 Å². The number of hydrogen-bond donors (Lipinski definition) is 0. The highest BCUT2D eigenvalue weighted by atomic mass is 17.2. The minimum absolute atomic E-state index is 0.316. The van der Waals surface area contributed by atoms with E-state index < -0.39 is 11.9 Å². The van der Waals surface area contributed by atoms with Crippen molar-refractivity contribution in [2.24, 2.45) is 0 Å². The smallest absolute Gasteiger partial charge is 0.248 e. The lowest BCUT2D eigenvalue weighted by molar-refractivity contribution is -0.257. The van der Waals surface area contributed by atoms with Crippen molar-refractivity contribution in [1.82, 2.24) is 0 Å². The molecule has 0 amide bonds. The van der Waals surface area contributed by atoms with Crippen LogP contribution in [0.1, 0.15) is 52.4 Å². The molecule has 0 aromatic rings. The Morgan fingerprint density at radius 3 is 2.21 bits per heavy atom. The molecule has 82 valence electrons. The number of carbonyl (C=O) groups excluding carboxylic acids is 2. The maximum absolute atomic E-state index is 10.9. The molecule has 0 saturated heterocycles. The van der Waals surface area contributed by atoms with Crippen LogP contribution in [0.4, 0.5) is 0 Å². The van der Waals surface area contributed by atoms with E-state index in [1.807, 2.05) is 0 Å². The fraction of sp³-hybridized carbons (Fsp3) is 0.800. The highest BCUT2D eigenvalue weighted by molar-refractivity contribution is 5.71. The van der Waals surface area contributed by atoms with E-state index in [-0.39, 0.29) is 0 Å². The molecule has 0 spiro atoms. The van der Waals surface area contributed by atoms with Gasteiger partial charge in [0.25, 0.3) is 0 Å². The van der Waals surface area contributed by atoms with E-state index in [2.05, 4.69) is 16.7 Å². The number of carbonyl (C=O) groups is 2. The van der Waals surface area contributed by atoms with Crippen molar-refractivity contribution in [3.05, 3.63) is 0 Å². The summed E-state index contributed by atoms with van der Waals surface area (Å²) in [6.45, 7) is 3.32. The average molecular weight is 202 g/mol. The highest BCUT2D eigenvalue weighted by Gasteiger charge is 2.05. The molecule has 0 aromatic heterocycles. The van der Waals surface area contributed by atoms with Crippen LogP contribution in [0.15, 0.2) is 0 Å². The molecular formula is C10H18O4. The Balaban J connectivity index is 3.22. The number of hydrogen-bond acceptors (Lipinski definition) is 4. The molecule has 0 N–H and O–H groups in total. The third-order valence-corrected chi connectivity index (χ3v) is 1.74. The predicted octanol–water partition coefficient (Wildman–Crippen LogP) is 2.37. The molecule has 0 rings (SSSR count). The van der Waals surface area contributed by atoms with Crippen LogP contribution in [-0.2, 0) is 19.4 Å². The summed E-state index contributed by atoms with van der Waals surface area (Å²) in [4.78, 5) is 29.5. The largest absolute Gasteiger partial charge is 0.355 e. The Morgan fingerprint density at radius 1 is 1.00 bits per heavy atom. The Morgan fingerprint density at radius 2 is 1.64 bits per heavy atom. The van der Waals surface area contributed by atoms with Crippen LogP contribution in [-0.4, -0.2) is 11.9 Å². The maximum atomic E-state index is 10.9. The molecule has 0 aliphatic carbocycles. The van der Waals surface area contributed by atoms with Crippen molar-refractivity contribution >= 4 is 11.9 Å². The zero-order chi connectivity index (χ0) is 10.8. The summed E-state index contributed by atoms with van der Waals surface area (Å²) in [5.41, 5.74) is 0. The molecule has 4 heteroatoms. The Labute approximate surface area is 84.5 Å². The minimum Gasteiger partial charge on any atom is -0.248 e. The molecule has 14 heavy (non-hydrogen) atoms. The average Bonchev–Trinajstić information content (AvgIpc) is 2.14. The molecule has 0 atom stereocenters. The molecule has 0 unspecified atom stereocenters. The highest BCUT2D eigenvalue weighted by Crippen LogP contribution is 2.05. The van der Waals surface area contributed by atoms with E-state index >= 15 is 0 Å². The van der Waals surface area contributed by atoms with Crippen LogP contribution in [0.2, 0.25) is 0 Å². The summed E-state index contributed by atoms with van der Waals surface area (Å²) in [5, 5.41) is 0. The van der Waals surface area contributed by atoms with Gasteiger partial charge in [-0.15, -0.1) is 0 Å². The summed E-state index contributed by atoms with van der Waals surface area (Å²) in [5.74, 6) is -1.08. The first-order valence-corrected chi connectivity index (χ1v) is 5.04. The maximum Gasteiger partial charge on any atom is 0.355 e. The number of unbranched alkanes of at least 4 members (excludes halogenated alkanes) is 4. The van der Waals surface area contributed by atoms with Crippen molar-refractivity contribution in [2.45, 2.75) is 52.4 Å². The molecule has 0 saturated carbocycles. The van der Waals surface area contributed by atoms with Gasteiger partial charge in [0.15, 0.2) is 0 Å². The van der Waals surface area contributed by atoms with Gasteiger partial charge in [0.05, 0.1) is 6.42 Å². The zero-order valence-corrected chi connectivity index (χ0v) is 8.88. The van der Waals surface area contributed by atoms with Crippen LogP contribution >= 0.6 is 0 Å². The van der Waals surface area contributed by atoms with E-state index in [9.17, 15) is 9.59 Å². The standard InChI is InChI=1S/C10H18O4/c1-3-4-5-6-7-8-10(12)14-13-9(2)11/h3-8H2,1-2H3. The van der Waals surface area contributed by atoms with Gasteiger partial charge >= 0.3 is 11.9 Å². The fourth-order valence-corrected chi connectivity index (χ4v) is 1.02. The monoisotopic (exact) mass is 202 g/mol. The summed E-state index contributed by atoms with van der Waals surface area (Å²) < 4.78 is 0. The summed E-state index contributed by atoms with van der Waals surface area (Å²) in [6, 6.07) is 0. The van der Waals surface area contributed by atoms with Gasteiger partial charge in [-0.1, -0.05) is 32.6 Å². The normalized spacial score (nSPS) is 9.57. The third-order valence-electron chi connectivity index (χ3n) is 1.74. The first-order valence-electron chi connectivity index (χ1n) is 5.04. The SMILES string of the molecule is CCCCCCCC(=O)OOC(C)=O. The second-order valence-electron chi connectivity index (χ2n) is 3.19. The second kappa shape index (κ2) is 8.53. The van der Waals surface area contributed by atoms with Gasteiger partial charge < -0.3 is 0 Å². The van der Waals surface area contributed by atoms with Gasteiger partial charge in [0.2, 0.25) is 0 Å². The van der Waals surface area contributed by atoms with Crippen LogP contribution in [0, 0.1) is 0 Å². The number of rotatable bonds is 6. The molecular weight excluding hydrogens is 184 g/mol. The third kappa shape index (κ3) is 9.03. The summed E-state index contributed by atoms with van der Waals surface area (Å²) >= 11 is 0. The summed E-state index contributed by atoms with van der Waals surface area (Å²) in [7, 11) is 0. The van der Waals surface area contributed by atoms with Crippen molar-refractivity contribution in [1.29, 1.82) is 0 Å². The predicted molar refractivity (Wildman–Crippen MR) is 51.2 cm³/mol. The van der Waals surface area contributed by atoms with Gasteiger partial charge in [-0.2, -0.15) is 0 Å². The van der Waals surface area contributed by atoms with Gasteiger partial charge in [-0.05, 0) is 6.42 Å². The molecule has 0 heterocycles. The molecule has 0 radical (unpaired) electrons. The molecule has 0 bridgehead atoms. The Kier molecular flexibility index (Phi) is 7.89. The van der Waals surface area contributed by atoms with Gasteiger partial charge in [-0.25, -0.2) is 19.4 Å². The van der Waals surface area contributed by atoms with Crippen LogP contribution < -0.4 is 0 Å². The van der Waals surface area contributed by atoms with Crippen LogP contribution in [0.5, 0.6) is 0 Å².